The van der Waals surface area contributed by atoms with Crippen molar-refractivity contribution in [2.75, 3.05) is 5.73 Å². The lowest BCUT2D eigenvalue weighted by atomic mass is 9.99. The molecule has 0 spiro atoms. The zero-order valence-electron chi connectivity index (χ0n) is 16.7. The number of hydrogen-bond donors (Lipinski definition) is 2. The summed E-state index contributed by atoms with van der Waals surface area (Å²) in [6, 6.07) is 15.0. The molecule has 0 radical (unpaired) electrons. The van der Waals surface area contributed by atoms with E-state index in [1.807, 2.05) is 51.1 Å². The third-order valence-corrected chi connectivity index (χ3v) is 5.18. The number of nitrogens with one attached hydrogen (secondary N) is 1. The summed E-state index contributed by atoms with van der Waals surface area (Å²) in [5.41, 5.74) is 8.73. The van der Waals surface area contributed by atoms with Crippen LogP contribution in [0.1, 0.15) is 54.3 Å². The number of fused-ring (bicyclic) bond motifs is 1. The quantitative estimate of drug-likeness (QED) is 0.633. The second-order valence-electron chi connectivity index (χ2n) is 7.03. The fraction of sp³-hybridized carbons (Fsp3) is 0.304. The highest BCUT2D eigenvalue weighted by Gasteiger charge is 2.23. The number of carbonyl (C=O) groups excluding carboxylic acids is 1. The molecule has 1 heterocycles. The van der Waals surface area contributed by atoms with E-state index in [0.717, 1.165) is 18.4 Å². The number of aromatic nitrogens is 1. The molecule has 0 unspecified atom stereocenters. The summed E-state index contributed by atoms with van der Waals surface area (Å²) in [5.74, 6) is -0.207. The zero-order chi connectivity index (χ0) is 20.3. The van der Waals surface area contributed by atoms with Crippen LogP contribution in [0.2, 0.25) is 0 Å². The highest BCUT2D eigenvalue weighted by atomic mass is 16.2. The molecule has 1 amide bonds. The highest BCUT2D eigenvalue weighted by molar-refractivity contribution is 6.11. The summed E-state index contributed by atoms with van der Waals surface area (Å²) in [4.78, 5) is 26.3. The Morgan fingerprint density at radius 2 is 1.82 bits per heavy atom. The maximum Gasteiger partial charge on any atom is 0.258 e. The lowest BCUT2D eigenvalue weighted by Crippen LogP contribution is -2.32. The van der Waals surface area contributed by atoms with Crippen LogP contribution in [-0.2, 0) is 6.54 Å². The van der Waals surface area contributed by atoms with Gasteiger partial charge in [0.05, 0.1) is 17.0 Å². The summed E-state index contributed by atoms with van der Waals surface area (Å²) in [6.07, 6.45) is 1.56. The fourth-order valence-electron chi connectivity index (χ4n) is 3.75. The average molecular weight is 377 g/mol. The Balaban J connectivity index is 2.16. The first-order chi connectivity index (χ1) is 13.5. The van der Waals surface area contributed by atoms with E-state index in [9.17, 15) is 9.59 Å². The third kappa shape index (κ3) is 3.52. The van der Waals surface area contributed by atoms with Crippen molar-refractivity contribution >= 4 is 22.4 Å². The minimum absolute atomic E-state index is 0.103. The van der Waals surface area contributed by atoms with E-state index in [4.69, 9.17) is 5.73 Å². The lowest BCUT2D eigenvalue weighted by molar-refractivity contribution is 0.0935. The van der Waals surface area contributed by atoms with Gasteiger partial charge in [-0.15, -0.1) is 0 Å². The topological polar surface area (TPSA) is 77.1 Å². The number of benzene rings is 2. The van der Waals surface area contributed by atoms with Crippen molar-refractivity contribution in [1.29, 1.82) is 0 Å². The van der Waals surface area contributed by atoms with Gasteiger partial charge in [-0.2, -0.15) is 0 Å². The number of nitrogens with two attached hydrogens (primary N) is 1. The summed E-state index contributed by atoms with van der Waals surface area (Å²) >= 11 is 0. The van der Waals surface area contributed by atoms with Crippen LogP contribution >= 0.6 is 0 Å². The molecule has 28 heavy (non-hydrogen) atoms. The van der Waals surface area contributed by atoms with Crippen molar-refractivity contribution in [2.45, 2.75) is 46.2 Å². The molecule has 0 aliphatic rings. The van der Waals surface area contributed by atoms with Gasteiger partial charge in [0.25, 0.3) is 11.5 Å². The van der Waals surface area contributed by atoms with E-state index < -0.39 is 0 Å². The van der Waals surface area contributed by atoms with E-state index in [1.54, 1.807) is 22.8 Å². The number of hydrogen-bond acceptors (Lipinski definition) is 3. The van der Waals surface area contributed by atoms with Gasteiger partial charge in [-0.05, 0) is 37.5 Å². The van der Waals surface area contributed by atoms with Gasteiger partial charge in [0.1, 0.15) is 0 Å². The van der Waals surface area contributed by atoms with Gasteiger partial charge in [0, 0.05) is 23.3 Å². The Kier molecular flexibility index (Phi) is 5.83. The van der Waals surface area contributed by atoms with Crippen molar-refractivity contribution in [3.8, 4) is 0 Å². The average Bonchev–Trinajstić information content (AvgIpc) is 2.70. The van der Waals surface area contributed by atoms with Gasteiger partial charge in [-0.1, -0.05) is 50.2 Å². The fourth-order valence-corrected chi connectivity index (χ4v) is 3.75. The molecule has 0 saturated carbocycles. The number of nitrogens with zero attached hydrogens (tertiary/aromatic N) is 1. The summed E-state index contributed by atoms with van der Waals surface area (Å²) < 4.78 is 1.68. The molecule has 3 aromatic rings. The van der Waals surface area contributed by atoms with Crippen LogP contribution in [0.15, 0.2) is 53.3 Å². The molecule has 1 atom stereocenters. The number of anilines is 1. The summed E-state index contributed by atoms with van der Waals surface area (Å²) in [5, 5.41) is 4.16. The molecule has 3 N–H and O–H groups in total. The van der Waals surface area contributed by atoms with Crippen molar-refractivity contribution in [3.05, 3.63) is 75.7 Å². The first-order valence-electron chi connectivity index (χ1n) is 9.76. The monoisotopic (exact) mass is 377 g/mol. The van der Waals surface area contributed by atoms with Crippen molar-refractivity contribution in [1.82, 2.24) is 9.88 Å². The smallest absolute Gasteiger partial charge is 0.258 e. The Hall–Kier alpha value is -3.08. The van der Waals surface area contributed by atoms with Gasteiger partial charge in [-0.3, -0.25) is 9.59 Å². The predicted octanol–water partition coefficient (Wildman–Crippen LogP) is 4.18. The molecular weight excluding hydrogens is 350 g/mol. The summed E-state index contributed by atoms with van der Waals surface area (Å²) in [7, 11) is 0. The number of pyridine rings is 1. The van der Waals surface area contributed by atoms with Crippen LogP contribution in [0, 0.1) is 6.92 Å². The van der Waals surface area contributed by atoms with Crippen molar-refractivity contribution < 1.29 is 4.79 Å². The maximum absolute atomic E-state index is 13.4. The Labute approximate surface area is 165 Å². The van der Waals surface area contributed by atoms with Gasteiger partial charge in [0.15, 0.2) is 0 Å². The Morgan fingerprint density at radius 3 is 2.46 bits per heavy atom. The molecular formula is C23H27N3O2. The van der Waals surface area contributed by atoms with Crippen LogP contribution in [0.5, 0.6) is 0 Å². The highest BCUT2D eigenvalue weighted by Crippen LogP contribution is 2.27. The minimum Gasteiger partial charge on any atom is -0.398 e. The largest absolute Gasteiger partial charge is 0.398 e. The number of amides is 1. The van der Waals surface area contributed by atoms with E-state index in [2.05, 4.69) is 5.32 Å². The van der Waals surface area contributed by atoms with Crippen LogP contribution in [0.4, 0.5) is 5.69 Å². The first-order valence-corrected chi connectivity index (χ1v) is 9.76. The van der Waals surface area contributed by atoms with E-state index in [1.165, 1.54) is 0 Å². The van der Waals surface area contributed by atoms with E-state index >= 15 is 0 Å². The maximum atomic E-state index is 13.4. The summed E-state index contributed by atoms with van der Waals surface area (Å²) in [6.45, 7) is 6.43. The molecule has 5 heteroatoms. The van der Waals surface area contributed by atoms with Crippen molar-refractivity contribution in [2.24, 2.45) is 0 Å². The molecule has 1 aromatic heterocycles. The second-order valence-corrected chi connectivity index (χ2v) is 7.03. The first kappa shape index (κ1) is 19.7. The van der Waals surface area contributed by atoms with Crippen molar-refractivity contribution in [3.63, 3.8) is 0 Å². The third-order valence-electron chi connectivity index (χ3n) is 5.18. The van der Waals surface area contributed by atoms with Crippen LogP contribution in [0.3, 0.4) is 0 Å². The predicted molar refractivity (Wildman–Crippen MR) is 115 cm³/mol. The molecule has 0 aliphatic heterocycles. The van der Waals surface area contributed by atoms with Gasteiger partial charge in [0.2, 0.25) is 0 Å². The Bertz CT molecular complexity index is 1050. The molecule has 146 valence electrons. The van der Waals surface area contributed by atoms with E-state index in [-0.39, 0.29) is 17.5 Å². The van der Waals surface area contributed by atoms with Gasteiger partial charge < -0.3 is 15.6 Å². The second kappa shape index (κ2) is 8.30. The molecule has 3 rings (SSSR count). The zero-order valence-corrected chi connectivity index (χ0v) is 16.7. The molecule has 0 bridgehead atoms. The lowest BCUT2D eigenvalue weighted by Gasteiger charge is -2.21. The van der Waals surface area contributed by atoms with Crippen LogP contribution < -0.4 is 16.6 Å². The van der Waals surface area contributed by atoms with Crippen LogP contribution in [0.25, 0.3) is 10.8 Å². The van der Waals surface area contributed by atoms with Gasteiger partial charge >= 0.3 is 0 Å². The molecule has 0 fully saturated rings. The van der Waals surface area contributed by atoms with E-state index in [0.29, 0.717) is 34.3 Å². The molecule has 0 saturated heterocycles. The molecule has 2 aromatic carbocycles. The van der Waals surface area contributed by atoms with Crippen LogP contribution in [-0.4, -0.2) is 10.5 Å². The number of nitrogen functional groups attached to an aromatic ring is 1. The number of carbonyl (C=O) groups is 1. The Morgan fingerprint density at radius 1 is 1.11 bits per heavy atom. The van der Waals surface area contributed by atoms with Gasteiger partial charge in [-0.25, -0.2) is 0 Å². The normalized spacial score (nSPS) is 12.1. The standard InChI is InChI=1S/C23H27N3O2/c1-4-14-26-15(3)20(21-17(23(26)28)12-9-13-18(21)24)22(27)25-19(5-2)16-10-7-6-8-11-16/h6-13,19H,4-5,14,24H2,1-3H3,(H,25,27)/t19-/m0/s1. The SMILES string of the molecule is CCCn1c(C)c(C(=O)N[C@@H](CC)c2ccccc2)c2c(N)cccc2c1=O. The number of rotatable bonds is 6. The molecule has 0 aliphatic carbocycles. The minimum atomic E-state index is -0.207. The molecule has 5 nitrogen and oxygen atoms in total.